The van der Waals surface area contributed by atoms with Gasteiger partial charge in [0.05, 0.1) is 0 Å². The maximum absolute atomic E-state index is 12.8. The highest BCUT2D eigenvalue weighted by Crippen LogP contribution is 2.09. The van der Waals surface area contributed by atoms with Crippen LogP contribution in [0, 0.1) is 12.7 Å². The Bertz CT molecular complexity index is 340. The molecular weight excluding hydrogens is 287 g/mol. The minimum atomic E-state index is -0.0897. The molecule has 0 radical (unpaired) electrons. The third-order valence-electron chi connectivity index (χ3n) is 2.29. The summed E-state index contributed by atoms with van der Waals surface area (Å²) in [6, 6.07) is 5.19. The van der Waals surface area contributed by atoms with Gasteiger partial charge in [-0.2, -0.15) is 0 Å². The summed E-state index contributed by atoms with van der Waals surface area (Å²) in [5.41, 5.74) is 1.93. The van der Waals surface area contributed by atoms with Crippen LogP contribution in [0.15, 0.2) is 18.2 Å². The predicted octanol–water partition coefficient (Wildman–Crippen LogP) is 7.54. The van der Waals surface area contributed by atoms with E-state index in [9.17, 15) is 9.18 Å². The van der Waals surface area contributed by atoms with E-state index in [0.29, 0.717) is 0 Å². The molecule has 0 aromatic heterocycles. The van der Waals surface area contributed by atoms with Crippen LogP contribution < -0.4 is 0 Å². The molecule has 1 nitrogen and oxygen atoms in total. The van der Waals surface area contributed by atoms with Gasteiger partial charge in [-0.1, -0.05) is 85.4 Å². The Balaban J connectivity index is -0.000000118. The van der Waals surface area contributed by atoms with Gasteiger partial charge < -0.3 is 4.79 Å². The molecular formula is C21H41FO. The Morgan fingerprint density at radius 1 is 0.957 bits per heavy atom. The molecule has 0 aliphatic heterocycles. The fourth-order valence-corrected chi connectivity index (χ4v) is 1.33. The van der Waals surface area contributed by atoms with Crippen LogP contribution in [-0.2, 0) is 11.2 Å². The minimum Gasteiger partial charge on any atom is -0.300 e. The first-order valence-corrected chi connectivity index (χ1v) is 9.11. The molecule has 0 amide bonds. The Morgan fingerprint density at radius 2 is 1.35 bits per heavy atom. The SMILES string of the molecule is CC.CC.CC(C)=O.CCCCC.CCc1cc(C)ccc1F. The van der Waals surface area contributed by atoms with Crippen LogP contribution in [0.4, 0.5) is 4.39 Å². The summed E-state index contributed by atoms with van der Waals surface area (Å²) in [7, 11) is 0. The lowest BCUT2D eigenvalue weighted by atomic mass is 10.1. The number of rotatable bonds is 3. The largest absolute Gasteiger partial charge is 0.300 e. The number of hydrogen-bond acceptors (Lipinski definition) is 1. The number of unbranched alkanes of at least 4 members (excludes halogenated alkanes) is 2. The lowest BCUT2D eigenvalue weighted by molar-refractivity contribution is -0.114. The van der Waals surface area contributed by atoms with Crippen molar-refractivity contribution in [1.82, 2.24) is 0 Å². The van der Waals surface area contributed by atoms with Gasteiger partial charge in [-0.15, -0.1) is 0 Å². The Morgan fingerprint density at radius 3 is 1.57 bits per heavy atom. The monoisotopic (exact) mass is 328 g/mol. The number of Topliss-reactive ketones (excluding diaryl/α,β-unsaturated/α-hetero) is 1. The second-order valence-corrected chi connectivity index (χ2v) is 4.71. The Hall–Kier alpha value is -1.18. The number of carbonyl (C=O) groups is 1. The van der Waals surface area contributed by atoms with Gasteiger partial charge in [-0.25, -0.2) is 4.39 Å². The topological polar surface area (TPSA) is 17.1 Å². The molecule has 0 N–H and O–H groups in total. The van der Waals surface area contributed by atoms with Gasteiger partial charge in [0.15, 0.2) is 0 Å². The number of halogens is 1. The molecule has 0 aliphatic carbocycles. The Kier molecular flexibility index (Phi) is 33.4. The molecule has 0 aliphatic rings. The third kappa shape index (κ3) is 29.5. The van der Waals surface area contributed by atoms with Crippen molar-refractivity contribution in [2.45, 2.75) is 94.9 Å². The first-order chi connectivity index (χ1) is 10.9. The predicted molar refractivity (Wildman–Crippen MR) is 105 cm³/mol. The fourth-order valence-electron chi connectivity index (χ4n) is 1.33. The third-order valence-corrected chi connectivity index (χ3v) is 2.29. The van der Waals surface area contributed by atoms with Gasteiger partial charge in [0.2, 0.25) is 0 Å². The van der Waals surface area contributed by atoms with Crippen LogP contribution in [0.1, 0.15) is 92.7 Å². The summed E-state index contributed by atoms with van der Waals surface area (Å²) in [6.45, 7) is 19.4. The maximum atomic E-state index is 12.8. The summed E-state index contributed by atoms with van der Waals surface area (Å²) in [5.74, 6) is 0.0769. The van der Waals surface area contributed by atoms with Crippen LogP contribution in [0.25, 0.3) is 0 Å². The molecule has 0 atom stereocenters. The summed E-state index contributed by atoms with van der Waals surface area (Å²) < 4.78 is 12.8. The Labute approximate surface area is 145 Å². The zero-order valence-electron chi connectivity index (χ0n) is 17.3. The summed E-state index contributed by atoms with van der Waals surface area (Å²) in [5, 5.41) is 0. The van der Waals surface area contributed by atoms with Crippen LogP contribution in [0.5, 0.6) is 0 Å². The number of ketones is 1. The van der Waals surface area contributed by atoms with E-state index in [1.165, 1.54) is 39.2 Å². The standard InChI is InChI=1S/C9H11F.C5H12.C3H6O.2C2H6/c1-3-8-6-7(2)4-5-9(8)10;1-3-5-4-2;1-3(2)4;2*1-2/h4-6H,3H2,1-2H3;3-5H2,1-2H3;1-2H3;2*1-2H3. The first-order valence-electron chi connectivity index (χ1n) is 9.11. The number of aryl methyl sites for hydroxylation is 2. The molecule has 0 saturated heterocycles. The molecule has 0 heterocycles. The van der Waals surface area contributed by atoms with Gasteiger partial charge >= 0.3 is 0 Å². The van der Waals surface area contributed by atoms with Crippen LogP contribution >= 0.6 is 0 Å². The van der Waals surface area contributed by atoms with E-state index in [-0.39, 0.29) is 11.6 Å². The van der Waals surface area contributed by atoms with Crippen molar-refractivity contribution in [3.05, 3.63) is 35.1 Å². The van der Waals surface area contributed by atoms with Crippen molar-refractivity contribution in [1.29, 1.82) is 0 Å². The highest BCUT2D eigenvalue weighted by atomic mass is 19.1. The van der Waals surface area contributed by atoms with Gasteiger partial charge in [-0.3, -0.25) is 0 Å². The molecule has 0 spiro atoms. The molecule has 0 bridgehead atoms. The van der Waals surface area contributed by atoms with Gasteiger partial charge in [-0.05, 0) is 38.8 Å². The van der Waals surface area contributed by atoms with E-state index in [1.807, 2.05) is 47.6 Å². The van der Waals surface area contributed by atoms with Crippen molar-refractivity contribution in [3.8, 4) is 0 Å². The molecule has 0 saturated carbocycles. The van der Waals surface area contributed by atoms with Crippen molar-refractivity contribution in [2.75, 3.05) is 0 Å². The molecule has 1 aromatic carbocycles. The lowest BCUT2D eigenvalue weighted by Crippen LogP contribution is -1.87. The smallest absolute Gasteiger partial charge is 0.126 e. The zero-order chi connectivity index (χ0) is 19.3. The van der Waals surface area contributed by atoms with Crippen molar-refractivity contribution < 1.29 is 9.18 Å². The fraction of sp³-hybridized carbons (Fsp3) is 0.667. The van der Waals surface area contributed by atoms with E-state index < -0.39 is 0 Å². The second-order valence-electron chi connectivity index (χ2n) is 4.71. The number of carbonyl (C=O) groups excluding carboxylic acids is 1. The van der Waals surface area contributed by atoms with E-state index in [1.54, 1.807) is 6.07 Å². The summed E-state index contributed by atoms with van der Waals surface area (Å²) in [6.07, 6.45) is 4.85. The number of hydrogen-bond donors (Lipinski definition) is 0. The molecule has 23 heavy (non-hydrogen) atoms. The molecule has 2 heteroatoms. The van der Waals surface area contributed by atoms with Gasteiger partial charge in [0.25, 0.3) is 0 Å². The molecule has 138 valence electrons. The van der Waals surface area contributed by atoms with E-state index in [4.69, 9.17) is 0 Å². The average Bonchev–Trinajstić information content (AvgIpc) is 2.54. The van der Waals surface area contributed by atoms with E-state index in [0.717, 1.165) is 17.5 Å². The molecule has 0 fully saturated rings. The van der Waals surface area contributed by atoms with Crippen molar-refractivity contribution in [3.63, 3.8) is 0 Å². The van der Waals surface area contributed by atoms with E-state index in [2.05, 4.69) is 13.8 Å². The lowest BCUT2D eigenvalue weighted by Gasteiger charge is -1.99. The van der Waals surface area contributed by atoms with Gasteiger partial charge in [0.1, 0.15) is 11.6 Å². The zero-order valence-corrected chi connectivity index (χ0v) is 17.3. The van der Waals surface area contributed by atoms with Crippen molar-refractivity contribution >= 4 is 5.78 Å². The molecule has 1 aromatic rings. The average molecular weight is 329 g/mol. The molecule has 0 unspecified atom stereocenters. The first kappa shape index (κ1) is 29.8. The van der Waals surface area contributed by atoms with Crippen LogP contribution in [0.3, 0.4) is 0 Å². The van der Waals surface area contributed by atoms with Gasteiger partial charge in [0, 0.05) is 0 Å². The highest BCUT2D eigenvalue weighted by Gasteiger charge is 1.97. The van der Waals surface area contributed by atoms with Crippen LogP contribution in [0.2, 0.25) is 0 Å². The normalized spacial score (nSPS) is 7.78. The van der Waals surface area contributed by atoms with Crippen molar-refractivity contribution in [2.24, 2.45) is 0 Å². The summed E-state index contributed by atoms with van der Waals surface area (Å²) >= 11 is 0. The maximum Gasteiger partial charge on any atom is 0.126 e. The minimum absolute atomic E-state index is 0.0897. The number of benzene rings is 1. The highest BCUT2D eigenvalue weighted by molar-refractivity contribution is 5.72. The van der Waals surface area contributed by atoms with E-state index >= 15 is 0 Å². The molecule has 1 rings (SSSR count). The van der Waals surface area contributed by atoms with Crippen LogP contribution in [-0.4, -0.2) is 5.78 Å². The summed E-state index contributed by atoms with van der Waals surface area (Å²) in [4.78, 5) is 9.44. The second kappa shape index (κ2) is 25.8. The quantitative estimate of drug-likeness (QED) is 0.560.